The Bertz CT molecular complexity index is 1210. The van der Waals surface area contributed by atoms with Crippen LogP contribution in [0, 0.1) is 0 Å². The minimum Gasteiger partial charge on any atom is -0.465 e. The second kappa shape index (κ2) is 9.20. The van der Waals surface area contributed by atoms with Gasteiger partial charge in [0.15, 0.2) is 0 Å². The van der Waals surface area contributed by atoms with Crippen molar-refractivity contribution in [3.05, 3.63) is 88.9 Å². The zero-order chi connectivity index (χ0) is 22.6. The molecule has 3 aromatic carbocycles. The van der Waals surface area contributed by atoms with Crippen LogP contribution in [0.3, 0.4) is 0 Å². The van der Waals surface area contributed by atoms with Gasteiger partial charge in [-0.3, -0.25) is 9.10 Å². The molecule has 160 valence electrons. The number of methoxy groups -OCH3 is 1. The maximum absolute atomic E-state index is 12.8. The molecule has 0 bridgehead atoms. The average Bonchev–Trinajstić information content (AvgIpc) is 2.78. The van der Waals surface area contributed by atoms with E-state index in [0.29, 0.717) is 22.0 Å². The van der Waals surface area contributed by atoms with E-state index in [-0.39, 0.29) is 10.5 Å². The summed E-state index contributed by atoms with van der Waals surface area (Å²) in [5.41, 5.74) is 1.21. The number of halogens is 1. The molecule has 0 heterocycles. The summed E-state index contributed by atoms with van der Waals surface area (Å²) in [6.07, 6.45) is 0. The van der Waals surface area contributed by atoms with Crippen LogP contribution in [0.5, 0.6) is 0 Å². The number of sulfonamides is 1. The Hall–Kier alpha value is -3.36. The highest BCUT2D eigenvalue weighted by Crippen LogP contribution is 2.24. The standard InChI is InChI=1S/C22H19ClN2O5S/c1-25(31(28,29)18-13-9-16(23)10-14-18)17-11-7-15(8-12-17)21(26)24-20-6-4-3-5-19(20)22(27)30-2/h3-14H,1-2H3,(H,24,26). The summed E-state index contributed by atoms with van der Waals surface area (Å²) in [5.74, 6) is -1.02. The van der Waals surface area contributed by atoms with Crippen LogP contribution in [-0.2, 0) is 14.8 Å². The van der Waals surface area contributed by atoms with E-state index in [1.807, 2.05) is 0 Å². The van der Waals surface area contributed by atoms with Gasteiger partial charge in [-0.15, -0.1) is 0 Å². The molecule has 31 heavy (non-hydrogen) atoms. The summed E-state index contributed by atoms with van der Waals surface area (Å²) in [6.45, 7) is 0. The largest absolute Gasteiger partial charge is 0.465 e. The van der Waals surface area contributed by atoms with Gasteiger partial charge in [0.2, 0.25) is 0 Å². The van der Waals surface area contributed by atoms with Gasteiger partial charge in [-0.1, -0.05) is 23.7 Å². The summed E-state index contributed by atoms with van der Waals surface area (Å²) >= 11 is 5.83. The Morgan fingerprint density at radius 3 is 2.16 bits per heavy atom. The fourth-order valence-corrected chi connectivity index (χ4v) is 4.12. The molecule has 0 aliphatic rings. The minimum absolute atomic E-state index is 0.0978. The van der Waals surface area contributed by atoms with Crippen LogP contribution in [0.4, 0.5) is 11.4 Å². The average molecular weight is 459 g/mol. The molecule has 0 aliphatic heterocycles. The molecule has 1 N–H and O–H groups in total. The highest BCUT2D eigenvalue weighted by molar-refractivity contribution is 7.92. The molecule has 0 aliphatic carbocycles. The first-order valence-corrected chi connectivity index (χ1v) is 10.9. The van der Waals surface area contributed by atoms with Gasteiger partial charge in [0.1, 0.15) is 0 Å². The number of ether oxygens (including phenoxy) is 1. The smallest absolute Gasteiger partial charge is 0.339 e. The minimum atomic E-state index is -3.79. The van der Waals surface area contributed by atoms with Gasteiger partial charge in [0.05, 0.1) is 28.9 Å². The number of nitrogens with zero attached hydrogens (tertiary/aromatic N) is 1. The Morgan fingerprint density at radius 2 is 1.55 bits per heavy atom. The second-order valence-corrected chi connectivity index (χ2v) is 8.87. The predicted molar refractivity (Wildman–Crippen MR) is 119 cm³/mol. The van der Waals surface area contributed by atoms with E-state index < -0.39 is 21.9 Å². The molecule has 7 nitrogen and oxygen atoms in total. The topological polar surface area (TPSA) is 92.8 Å². The number of nitrogens with one attached hydrogen (secondary N) is 1. The fraction of sp³-hybridized carbons (Fsp3) is 0.0909. The van der Waals surface area contributed by atoms with E-state index in [2.05, 4.69) is 5.32 Å². The summed E-state index contributed by atoms with van der Waals surface area (Å²) in [5, 5.41) is 3.10. The van der Waals surface area contributed by atoms with Gasteiger partial charge in [0.25, 0.3) is 15.9 Å². The van der Waals surface area contributed by atoms with Crippen LogP contribution < -0.4 is 9.62 Å². The molecule has 0 saturated heterocycles. The number of amides is 1. The zero-order valence-electron chi connectivity index (χ0n) is 16.7. The number of benzene rings is 3. The molecule has 0 aromatic heterocycles. The summed E-state index contributed by atoms with van der Waals surface area (Å²) in [7, 11) is -1.11. The lowest BCUT2D eigenvalue weighted by molar-refractivity contribution is 0.0602. The van der Waals surface area contributed by atoms with Crippen molar-refractivity contribution in [3.8, 4) is 0 Å². The number of hydrogen-bond acceptors (Lipinski definition) is 5. The Kier molecular flexibility index (Phi) is 6.62. The number of anilines is 2. The molecule has 0 saturated carbocycles. The van der Waals surface area contributed by atoms with E-state index in [0.717, 1.165) is 4.31 Å². The maximum atomic E-state index is 12.8. The third-order valence-electron chi connectivity index (χ3n) is 4.55. The molecule has 0 atom stereocenters. The molecule has 3 rings (SSSR count). The van der Waals surface area contributed by atoms with Gasteiger partial charge in [-0.25, -0.2) is 13.2 Å². The second-order valence-electron chi connectivity index (χ2n) is 6.46. The first-order chi connectivity index (χ1) is 14.7. The van der Waals surface area contributed by atoms with Crippen molar-refractivity contribution >= 4 is 44.9 Å². The normalized spacial score (nSPS) is 10.9. The highest BCUT2D eigenvalue weighted by Gasteiger charge is 2.21. The van der Waals surface area contributed by atoms with Crippen molar-refractivity contribution in [1.82, 2.24) is 0 Å². The number of para-hydroxylation sites is 1. The SMILES string of the molecule is COC(=O)c1ccccc1NC(=O)c1ccc(N(C)S(=O)(=O)c2ccc(Cl)cc2)cc1. The van der Waals surface area contributed by atoms with Crippen LogP contribution in [-0.4, -0.2) is 34.5 Å². The van der Waals surface area contributed by atoms with Gasteiger partial charge < -0.3 is 10.1 Å². The number of rotatable bonds is 6. The molecule has 0 unspecified atom stereocenters. The summed E-state index contributed by atoms with van der Waals surface area (Å²) in [6, 6.07) is 18.4. The first kappa shape index (κ1) is 22.3. The van der Waals surface area contributed by atoms with Crippen LogP contribution >= 0.6 is 11.6 Å². The Balaban J connectivity index is 1.79. The maximum Gasteiger partial charge on any atom is 0.339 e. The van der Waals surface area contributed by atoms with Gasteiger partial charge in [0, 0.05) is 17.6 Å². The van der Waals surface area contributed by atoms with Crippen molar-refractivity contribution in [3.63, 3.8) is 0 Å². The molecule has 0 fully saturated rings. The molecule has 0 spiro atoms. The van der Waals surface area contributed by atoms with E-state index in [1.165, 1.54) is 62.7 Å². The quantitative estimate of drug-likeness (QED) is 0.559. The number of carbonyl (C=O) groups is 2. The molecule has 3 aromatic rings. The number of carbonyl (C=O) groups excluding carboxylic acids is 2. The number of hydrogen-bond donors (Lipinski definition) is 1. The van der Waals surface area contributed by atoms with E-state index in [9.17, 15) is 18.0 Å². The van der Waals surface area contributed by atoms with Gasteiger partial charge in [-0.05, 0) is 60.7 Å². The number of esters is 1. The van der Waals surface area contributed by atoms with Crippen LogP contribution in [0.2, 0.25) is 5.02 Å². The van der Waals surface area contributed by atoms with Crippen LogP contribution in [0.15, 0.2) is 77.7 Å². The zero-order valence-corrected chi connectivity index (χ0v) is 18.3. The predicted octanol–water partition coefficient (Wildman–Crippen LogP) is 4.20. The van der Waals surface area contributed by atoms with E-state index in [4.69, 9.17) is 16.3 Å². The lowest BCUT2D eigenvalue weighted by atomic mass is 10.1. The highest BCUT2D eigenvalue weighted by atomic mass is 35.5. The van der Waals surface area contributed by atoms with Gasteiger partial charge >= 0.3 is 5.97 Å². The van der Waals surface area contributed by atoms with Crippen LogP contribution in [0.1, 0.15) is 20.7 Å². The van der Waals surface area contributed by atoms with Crippen molar-refractivity contribution in [2.24, 2.45) is 0 Å². The third-order valence-corrected chi connectivity index (χ3v) is 6.60. The molecular formula is C22H19ClN2O5S. The van der Waals surface area contributed by atoms with Crippen molar-refractivity contribution < 1.29 is 22.7 Å². The molecule has 0 radical (unpaired) electrons. The monoisotopic (exact) mass is 458 g/mol. The first-order valence-electron chi connectivity index (χ1n) is 9.07. The fourth-order valence-electron chi connectivity index (χ4n) is 2.80. The van der Waals surface area contributed by atoms with Crippen molar-refractivity contribution in [2.75, 3.05) is 23.8 Å². The third kappa shape index (κ3) is 4.87. The molecular weight excluding hydrogens is 440 g/mol. The van der Waals surface area contributed by atoms with Crippen molar-refractivity contribution in [2.45, 2.75) is 4.90 Å². The summed E-state index contributed by atoms with van der Waals surface area (Å²) < 4.78 is 31.4. The van der Waals surface area contributed by atoms with E-state index in [1.54, 1.807) is 24.3 Å². The van der Waals surface area contributed by atoms with Crippen molar-refractivity contribution in [1.29, 1.82) is 0 Å². The summed E-state index contributed by atoms with van der Waals surface area (Å²) in [4.78, 5) is 24.6. The van der Waals surface area contributed by atoms with Crippen LogP contribution in [0.25, 0.3) is 0 Å². The Morgan fingerprint density at radius 1 is 0.935 bits per heavy atom. The molecule has 9 heteroatoms. The Labute approximate surface area is 185 Å². The molecule has 1 amide bonds. The lowest BCUT2D eigenvalue weighted by Crippen LogP contribution is -2.26. The van der Waals surface area contributed by atoms with E-state index >= 15 is 0 Å². The lowest BCUT2D eigenvalue weighted by Gasteiger charge is -2.20. The van der Waals surface area contributed by atoms with Gasteiger partial charge in [-0.2, -0.15) is 0 Å².